The summed E-state index contributed by atoms with van der Waals surface area (Å²) in [6.45, 7) is 1.60. The Kier molecular flexibility index (Phi) is 5.98. The molecule has 0 bridgehead atoms. The van der Waals surface area contributed by atoms with Crippen LogP contribution in [0.25, 0.3) is 11.5 Å². The molecule has 1 atom stereocenters. The average Bonchev–Trinajstić information content (AvgIpc) is 3.11. The summed E-state index contributed by atoms with van der Waals surface area (Å²) < 4.78 is 16.4. The molecule has 128 valence electrons. The van der Waals surface area contributed by atoms with Crippen molar-refractivity contribution in [2.45, 2.75) is 31.9 Å². The second kappa shape index (κ2) is 8.61. The second-order valence-electron chi connectivity index (χ2n) is 5.79. The average molecular weight is 330 g/mol. The van der Waals surface area contributed by atoms with Gasteiger partial charge in [-0.15, -0.1) is 0 Å². The van der Waals surface area contributed by atoms with Crippen molar-refractivity contribution >= 4 is 5.91 Å². The van der Waals surface area contributed by atoms with Crippen molar-refractivity contribution < 1.29 is 18.7 Å². The first-order valence-corrected chi connectivity index (χ1v) is 8.27. The predicted molar refractivity (Wildman–Crippen MR) is 88.2 cm³/mol. The van der Waals surface area contributed by atoms with Crippen LogP contribution in [0.4, 0.5) is 0 Å². The molecule has 2 heterocycles. The van der Waals surface area contributed by atoms with Crippen LogP contribution in [-0.2, 0) is 20.8 Å². The number of nitrogens with one attached hydrogen (secondary N) is 1. The van der Waals surface area contributed by atoms with Gasteiger partial charge in [0.2, 0.25) is 11.8 Å². The summed E-state index contributed by atoms with van der Waals surface area (Å²) >= 11 is 0. The van der Waals surface area contributed by atoms with Gasteiger partial charge in [-0.2, -0.15) is 0 Å². The third kappa shape index (κ3) is 4.91. The lowest BCUT2D eigenvalue weighted by Gasteiger charge is -2.22. The van der Waals surface area contributed by atoms with Gasteiger partial charge in [0.1, 0.15) is 12.9 Å². The highest BCUT2D eigenvalue weighted by atomic mass is 16.5. The Hall–Kier alpha value is -2.18. The van der Waals surface area contributed by atoms with E-state index in [0.717, 1.165) is 31.4 Å². The Morgan fingerprint density at radius 1 is 1.29 bits per heavy atom. The smallest absolute Gasteiger partial charge is 0.246 e. The Bertz CT molecular complexity index is 635. The first kappa shape index (κ1) is 16.7. The van der Waals surface area contributed by atoms with Gasteiger partial charge in [-0.1, -0.05) is 18.2 Å². The second-order valence-corrected chi connectivity index (χ2v) is 5.79. The van der Waals surface area contributed by atoms with E-state index < -0.39 is 0 Å². The number of rotatable bonds is 7. The number of oxazole rings is 1. The third-order valence-electron chi connectivity index (χ3n) is 3.85. The van der Waals surface area contributed by atoms with Gasteiger partial charge in [-0.25, -0.2) is 4.98 Å². The van der Waals surface area contributed by atoms with Crippen LogP contribution in [0.15, 0.2) is 41.0 Å². The molecule has 3 rings (SSSR count). The van der Waals surface area contributed by atoms with Gasteiger partial charge in [0.05, 0.1) is 24.9 Å². The molecular formula is C18H22N2O4. The van der Waals surface area contributed by atoms with Gasteiger partial charge in [0.15, 0.2) is 0 Å². The van der Waals surface area contributed by atoms with Gasteiger partial charge in [0, 0.05) is 12.2 Å². The van der Waals surface area contributed by atoms with E-state index in [1.165, 1.54) is 0 Å². The number of hydrogen-bond acceptors (Lipinski definition) is 5. The summed E-state index contributed by atoms with van der Waals surface area (Å²) in [5.74, 6) is 0.376. The number of nitrogens with zero attached hydrogens (tertiary/aromatic N) is 1. The molecule has 0 radical (unpaired) electrons. The molecule has 1 amide bonds. The number of amides is 1. The highest BCUT2D eigenvalue weighted by Gasteiger charge is 2.14. The molecule has 24 heavy (non-hydrogen) atoms. The number of aromatic nitrogens is 1. The van der Waals surface area contributed by atoms with Gasteiger partial charge in [0.25, 0.3) is 0 Å². The number of carbonyl (C=O) groups excluding carboxylic acids is 1. The summed E-state index contributed by atoms with van der Waals surface area (Å²) in [7, 11) is 0. The molecule has 1 unspecified atom stereocenters. The zero-order valence-electron chi connectivity index (χ0n) is 13.6. The zero-order valence-corrected chi connectivity index (χ0v) is 13.6. The van der Waals surface area contributed by atoms with E-state index in [2.05, 4.69) is 10.3 Å². The van der Waals surface area contributed by atoms with Crippen molar-refractivity contribution in [3.8, 4) is 11.5 Å². The Morgan fingerprint density at radius 2 is 2.17 bits per heavy atom. The van der Waals surface area contributed by atoms with Crippen LogP contribution >= 0.6 is 0 Å². The van der Waals surface area contributed by atoms with E-state index in [-0.39, 0.29) is 18.6 Å². The van der Waals surface area contributed by atoms with E-state index in [0.29, 0.717) is 24.7 Å². The maximum atomic E-state index is 11.8. The van der Waals surface area contributed by atoms with Crippen molar-refractivity contribution in [3.05, 3.63) is 42.3 Å². The first-order valence-electron chi connectivity index (χ1n) is 8.27. The lowest BCUT2D eigenvalue weighted by atomic mass is 10.1. The molecule has 2 aromatic rings. The summed E-state index contributed by atoms with van der Waals surface area (Å²) in [6.07, 6.45) is 4.95. The predicted octanol–water partition coefficient (Wildman–Crippen LogP) is 2.54. The monoisotopic (exact) mass is 330 g/mol. The summed E-state index contributed by atoms with van der Waals surface area (Å²) in [5, 5.41) is 2.77. The fourth-order valence-electron chi connectivity index (χ4n) is 2.56. The van der Waals surface area contributed by atoms with Gasteiger partial charge < -0.3 is 19.2 Å². The topological polar surface area (TPSA) is 73.6 Å². The SMILES string of the molecule is O=C(COCC1CCCCO1)NCc1coc(-c2ccccc2)n1. The van der Waals surface area contributed by atoms with E-state index >= 15 is 0 Å². The minimum Gasteiger partial charge on any atom is -0.444 e. The number of hydrogen-bond donors (Lipinski definition) is 1. The Morgan fingerprint density at radius 3 is 2.96 bits per heavy atom. The fourth-order valence-corrected chi connectivity index (χ4v) is 2.56. The van der Waals surface area contributed by atoms with Crippen molar-refractivity contribution in [2.24, 2.45) is 0 Å². The summed E-state index contributed by atoms with van der Waals surface area (Å²) in [6, 6.07) is 9.64. The van der Waals surface area contributed by atoms with E-state index in [4.69, 9.17) is 13.9 Å². The molecular weight excluding hydrogens is 308 g/mol. The lowest BCUT2D eigenvalue weighted by Crippen LogP contribution is -2.30. The number of ether oxygens (including phenoxy) is 2. The highest BCUT2D eigenvalue weighted by Crippen LogP contribution is 2.17. The normalized spacial score (nSPS) is 17.6. The Labute approximate surface area is 141 Å². The molecule has 6 nitrogen and oxygen atoms in total. The van der Waals surface area contributed by atoms with E-state index in [1.807, 2.05) is 30.3 Å². The summed E-state index contributed by atoms with van der Waals surface area (Å²) in [5.41, 5.74) is 1.59. The zero-order chi connectivity index (χ0) is 16.6. The largest absolute Gasteiger partial charge is 0.444 e. The third-order valence-corrected chi connectivity index (χ3v) is 3.85. The van der Waals surface area contributed by atoms with E-state index in [9.17, 15) is 4.79 Å². The maximum Gasteiger partial charge on any atom is 0.246 e. The Balaban J connectivity index is 1.38. The van der Waals surface area contributed by atoms with Gasteiger partial charge in [-0.05, 0) is 31.4 Å². The maximum absolute atomic E-state index is 11.8. The molecule has 1 aliphatic rings. The molecule has 1 aromatic heterocycles. The molecule has 1 N–H and O–H groups in total. The fraction of sp³-hybridized carbons (Fsp3) is 0.444. The van der Waals surface area contributed by atoms with Gasteiger partial charge >= 0.3 is 0 Å². The van der Waals surface area contributed by atoms with Crippen LogP contribution < -0.4 is 5.32 Å². The van der Waals surface area contributed by atoms with Crippen LogP contribution in [-0.4, -0.2) is 36.8 Å². The van der Waals surface area contributed by atoms with E-state index in [1.54, 1.807) is 6.26 Å². The quantitative estimate of drug-likeness (QED) is 0.844. The molecule has 1 aromatic carbocycles. The van der Waals surface area contributed by atoms with Gasteiger partial charge in [-0.3, -0.25) is 4.79 Å². The number of benzene rings is 1. The molecule has 0 saturated carbocycles. The summed E-state index contributed by atoms with van der Waals surface area (Å²) in [4.78, 5) is 16.2. The van der Waals surface area contributed by atoms with Crippen molar-refractivity contribution in [2.75, 3.05) is 19.8 Å². The highest BCUT2D eigenvalue weighted by molar-refractivity contribution is 5.77. The minimum atomic E-state index is -0.171. The number of carbonyl (C=O) groups is 1. The van der Waals surface area contributed by atoms with Crippen molar-refractivity contribution in [1.82, 2.24) is 10.3 Å². The molecule has 1 aliphatic heterocycles. The van der Waals surface area contributed by atoms with Crippen LogP contribution in [0.5, 0.6) is 0 Å². The minimum absolute atomic E-state index is 0.0310. The first-order chi connectivity index (χ1) is 11.8. The standard InChI is InChI=1S/C18H22N2O4/c21-17(13-22-12-16-8-4-5-9-23-16)19-10-15-11-24-18(20-15)14-6-2-1-3-7-14/h1-3,6-7,11,16H,4-5,8-10,12-13H2,(H,19,21). The van der Waals surface area contributed by atoms with Crippen LogP contribution in [0.3, 0.4) is 0 Å². The molecule has 1 fully saturated rings. The van der Waals surface area contributed by atoms with Crippen molar-refractivity contribution in [1.29, 1.82) is 0 Å². The van der Waals surface area contributed by atoms with Crippen LogP contribution in [0, 0.1) is 0 Å². The van der Waals surface area contributed by atoms with Crippen LogP contribution in [0.1, 0.15) is 25.0 Å². The van der Waals surface area contributed by atoms with Crippen LogP contribution in [0.2, 0.25) is 0 Å². The lowest BCUT2D eigenvalue weighted by molar-refractivity contribution is -0.128. The molecule has 6 heteroatoms. The van der Waals surface area contributed by atoms with Crippen molar-refractivity contribution in [3.63, 3.8) is 0 Å². The molecule has 0 spiro atoms. The molecule has 0 aliphatic carbocycles. The molecule has 1 saturated heterocycles.